The topological polar surface area (TPSA) is 59.6 Å². The first-order valence-corrected chi connectivity index (χ1v) is 11.5. The summed E-state index contributed by atoms with van der Waals surface area (Å²) >= 11 is 6.89. The molecule has 1 saturated carbocycles. The number of halogens is 2. The zero-order valence-electron chi connectivity index (χ0n) is 16.0. The van der Waals surface area contributed by atoms with Crippen LogP contribution in [0.25, 0.3) is 0 Å². The van der Waals surface area contributed by atoms with E-state index in [0.29, 0.717) is 12.3 Å². The second-order valence-corrected chi connectivity index (χ2v) is 9.33. The molecular formula is C22H24Br2N2O3. The van der Waals surface area contributed by atoms with Gasteiger partial charge in [0.1, 0.15) is 6.10 Å². The van der Waals surface area contributed by atoms with E-state index in [1.165, 1.54) is 6.42 Å². The van der Waals surface area contributed by atoms with Crippen molar-refractivity contribution in [3.8, 4) is 0 Å². The number of anilines is 1. The molecule has 2 fully saturated rings. The largest absolute Gasteiger partial charge is 0.348 e. The summed E-state index contributed by atoms with van der Waals surface area (Å²) in [6, 6.07) is 15.1. The Bertz CT molecular complexity index is 856. The number of amides is 2. The quantitative estimate of drug-likeness (QED) is 0.507. The molecule has 2 amide bonds. The molecule has 1 saturated heterocycles. The minimum Gasteiger partial charge on any atom is -0.348 e. The van der Waals surface area contributed by atoms with Crippen LogP contribution in [0.5, 0.6) is 0 Å². The third-order valence-corrected chi connectivity index (χ3v) is 6.62. The summed E-state index contributed by atoms with van der Waals surface area (Å²) in [6.07, 6.45) is 5.00. The minimum absolute atomic E-state index is 0.248. The van der Waals surface area contributed by atoms with Crippen LogP contribution in [0.3, 0.4) is 0 Å². The van der Waals surface area contributed by atoms with Crippen LogP contribution < -0.4 is 10.6 Å². The SMILES string of the molecule is O=C(Nc1ccc(Br)cc1Br)NC1COC2(CCCCC2)OC1c1ccccc1. The first-order valence-electron chi connectivity index (χ1n) is 9.94. The summed E-state index contributed by atoms with van der Waals surface area (Å²) in [7, 11) is 0. The van der Waals surface area contributed by atoms with Crippen LogP contribution in [-0.2, 0) is 9.47 Å². The van der Waals surface area contributed by atoms with Gasteiger partial charge in [-0.05, 0) is 52.5 Å². The van der Waals surface area contributed by atoms with Gasteiger partial charge in [-0.25, -0.2) is 4.79 Å². The predicted molar refractivity (Wildman–Crippen MR) is 120 cm³/mol. The third-order valence-electron chi connectivity index (χ3n) is 5.47. The summed E-state index contributed by atoms with van der Waals surface area (Å²) in [5.41, 5.74) is 1.75. The first-order chi connectivity index (χ1) is 14.0. The summed E-state index contributed by atoms with van der Waals surface area (Å²) in [5, 5.41) is 5.95. The maximum Gasteiger partial charge on any atom is 0.319 e. The Morgan fingerprint density at radius 1 is 1.03 bits per heavy atom. The molecule has 5 nitrogen and oxygen atoms in total. The number of nitrogens with one attached hydrogen (secondary N) is 2. The number of hydrogen-bond donors (Lipinski definition) is 2. The van der Waals surface area contributed by atoms with E-state index in [-0.39, 0.29) is 18.2 Å². The lowest BCUT2D eigenvalue weighted by Gasteiger charge is -2.46. The van der Waals surface area contributed by atoms with Gasteiger partial charge in [-0.3, -0.25) is 0 Å². The van der Waals surface area contributed by atoms with E-state index in [4.69, 9.17) is 9.47 Å². The third kappa shape index (κ3) is 5.02. The summed E-state index contributed by atoms with van der Waals surface area (Å²) in [4.78, 5) is 12.7. The highest BCUT2D eigenvalue weighted by molar-refractivity contribution is 9.11. The van der Waals surface area contributed by atoms with Crippen molar-refractivity contribution >= 4 is 43.6 Å². The van der Waals surface area contributed by atoms with E-state index in [1.54, 1.807) is 0 Å². The van der Waals surface area contributed by atoms with Crippen LogP contribution >= 0.6 is 31.9 Å². The molecule has 2 aliphatic rings. The Kier molecular flexibility index (Phi) is 6.59. The van der Waals surface area contributed by atoms with Crippen LogP contribution in [0.2, 0.25) is 0 Å². The molecule has 4 rings (SSSR count). The van der Waals surface area contributed by atoms with E-state index >= 15 is 0 Å². The minimum atomic E-state index is -0.526. The van der Waals surface area contributed by atoms with Gasteiger partial charge >= 0.3 is 6.03 Å². The van der Waals surface area contributed by atoms with Gasteiger partial charge in [0.25, 0.3) is 0 Å². The molecule has 154 valence electrons. The maximum absolute atomic E-state index is 12.7. The highest BCUT2D eigenvalue weighted by Crippen LogP contribution is 2.41. The number of carbonyl (C=O) groups excluding carboxylic acids is 1. The lowest BCUT2D eigenvalue weighted by atomic mass is 9.91. The second-order valence-electron chi connectivity index (χ2n) is 7.56. The average Bonchev–Trinajstić information content (AvgIpc) is 2.73. The average molecular weight is 524 g/mol. The van der Waals surface area contributed by atoms with E-state index in [2.05, 4.69) is 42.5 Å². The molecule has 2 aromatic carbocycles. The number of rotatable bonds is 3. The molecule has 2 aromatic rings. The Labute approximate surface area is 187 Å². The summed E-state index contributed by atoms with van der Waals surface area (Å²) in [5.74, 6) is -0.526. The molecule has 2 N–H and O–H groups in total. The second kappa shape index (κ2) is 9.16. The van der Waals surface area contributed by atoms with Crippen LogP contribution in [0, 0.1) is 0 Å². The van der Waals surface area contributed by atoms with Crippen molar-refractivity contribution in [1.29, 1.82) is 0 Å². The highest BCUT2D eigenvalue weighted by atomic mass is 79.9. The van der Waals surface area contributed by atoms with E-state index in [1.807, 2.05) is 48.5 Å². The molecule has 7 heteroatoms. The molecule has 1 aliphatic carbocycles. The van der Waals surface area contributed by atoms with Gasteiger partial charge in [0.05, 0.1) is 18.3 Å². The monoisotopic (exact) mass is 522 g/mol. The summed E-state index contributed by atoms with van der Waals surface area (Å²) < 4.78 is 14.4. The van der Waals surface area contributed by atoms with Crippen molar-refractivity contribution in [2.24, 2.45) is 0 Å². The van der Waals surface area contributed by atoms with E-state index < -0.39 is 5.79 Å². The van der Waals surface area contributed by atoms with Gasteiger partial charge in [-0.2, -0.15) is 0 Å². The number of benzene rings is 2. The van der Waals surface area contributed by atoms with Gasteiger partial charge in [-0.15, -0.1) is 0 Å². The molecule has 1 heterocycles. The van der Waals surface area contributed by atoms with Crippen LogP contribution in [-0.4, -0.2) is 24.5 Å². The van der Waals surface area contributed by atoms with Crippen molar-refractivity contribution in [2.45, 2.75) is 50.0 Å². The van der Waals surface area contributed by atoms with Crippen molar-refractivity contribution in [1.82, 2.24) is 5.32 Å². The molecule has 0 aromatic heterocycles. The normalized spacial score (nSPS) is 23.5. The fourth-order valence-corrected chi connectivity index (χ4v) is 5.15. The fraction of sp³-hybridized carbons (Fsp3) is 0.409. The smallest absolute Gasteiger partial charge is 0.319 e. The summed E-state index contributed by atoms with van der Waals surface area (Å²) in [6.45, 7) is 0.425. The van der Waals surface area contributed by atoms with Crippen LogP contribution in [0.4, 0.5) is 10.5 Å². The fourth-order valence-electron chi connectivity index (χ4n) is 4.01. The molecule has 29 heavy (non-hydrogen) atoms. The molecule has 2 atom stereocenters. The zero-order chi connectivity index (χ0) is 20.3. The van der Waals surface area contributed by atoms with Gasteiger partial charge in [0.15, 0.2) is 5.79 Å². The number of ether oxygens (including phenoxy) is 2. The van der Waals surface area contributed by atoms with Crippen molar-refractivity contribution < 1.29 is 14.3 Å². The lowest BCUT2D eigenvalue weighted by molar-refractivity contribution is -0.314. The van der Waals surface area contributed by atoms with Crippen molar-refractivity contribution in [3.63, 3.8) is 0 Å². The van der Waals surface area contributed by atoms with E-state index in [0.717, 1.165) is 40.2 Å². The van der Waals surface area contributed by atoms with Crippen molar-refractivity contribution in [3.05, 3.63) is 63.0 Å². The number of hydrogen-bond acceptors (Lipinski definition) is 3. The molecule has 1 spiro atoms. The van der Waals surface area contributed by atoms with Crippen LogP contribution in [0.1, 0.15) is 43.8 Å². The van der Waals surface area contributed by atoms with Crippen molar-refractivity contribution in [2.75, 3.05) is 11.9 Å². The Morgan fingerprint density at radius 2 is 1.79 bits per heavy atom. The Balaban J connectivity index is 1.49. The van der Waals surface area contributed by atoms with E-state index in [9.17, 15) is 4.79 Å². The molecule has 0 radical (unpaired) electrons. The lowest BCUT2D eigenvalue weighted by Crippen LogP contribution is -2.55. The standard InChI is InChI=1S/C22H24Br2N2O3/c23-16-9-10-18(17(24)13-16)25-21(27)26-19-14-28-22(11-5-2-6-12-22)29-20(19)15-7-3-1-4-8-15/h1,3-4,7-10,13,19-20H,2,5-6,11-12,14H2,(H2,25,26,27). The maximum atomic E-state index is 12.7. The number of urea groups is 1. The Hall–Kier alpha value is -1.41. The zero-order valence-corrected chi connectivity index (χ0v) is 19.2. The van der Waals surface area contributed by atoms with Crippen LogP contribution in [0.15, 0.2) is 57.5 Å². The highest BCUT2D eigenvalue weighted by Gasteiger charge is 2.44. The molecule has 2 unspecified atom stereocenters. The Morgan fingerprint density at radius 3 is 2.52 bits per heavy atom. The van der Waals surface area contributed by atoms with Gasteiger partial charge in [0, 0.05) is 21.8 Å². The van der Waals surface area contributed by atoms with Gasteiger partial charge in [-0.1, -0.05) is 52.7 Å². The molecule has 1 aliphatic heterocycles. The molecular weight excluding hydrogens is 500 g/mol. The van der Waals surface area contributed by atoms with Gasteiger partial charge < -0.3 is 20.1 Å². The predicted octanol–water partition coefficient (Wildman–Crippen LogP) is 6.15. The number of carbonyl (C=O) groups is 1. The first kappa shape index (κ1) is 20.8. The van der Waals surface area contributed by atoms with Gasteiger partial charge in [0.2, 0.25) is 0 Å². The molecule has 0 bridgehead atoms.